The highest BCUT2D eigenvalue weighted by atomic mass is 16.1. The summed E-state index contributed by atoms with van der Waals surface area (Å²) in [6, 6.07) is 15.9. The van der Waals surface area contributed by atoms with Gasteiger partial charge in [0.15, 0.2) is 0 Å². The van der Waals surface area contributed by atoms with Crippen LogP contribution in [0.25, 0.3) is 0 Å². The molecule has 2 rings (SSSR count). The summed E-state index contributed by atoms with van der Waals surface area (Å²) in [5.41, 5.74) is 1.59. The van der Waals surface area contributed by atoms with E-state index in [4.69, 9.17) is 0 Å². The fourth-order valence-electron chi connectivity index (χ4n) is 2.48. The van der Waals surface area contributed by atoms with Gasteiger partial charge in [0.05, 0.1) is 11.1 Å². The van der Waals surface area contributed by atoms with E-state index in [0.717, 1.165) is 30.6 Å². The summed E-state index contributed by atoms with van der Waals surface area (Å²) in [7, 11) is 0. The molecule has 2 aromatic rings. The fourth-order valence-corrected chi connectivity index (χ4v) is 2.48. The van der Waals surface area contributed by atoms with Crippen molar-refractivity contribution >= 4 is 6.29 Å². The van der Waals surface area contributed by atoms with Crippen LogP contribution in [-0.2, 0) is 16.8 Å². The number of rotatable bonds is 7. The number of hydrogen-bond donors (Lipinski definition) is 0. The number of pyridine rings is 1. The van der Waals surface area contributed by atoms with Crippen LogP contribution in [0.15, 0.2) is 54.7 Å². The molecule has 1 atom stereocenters. The first kappa shape index (κ1) is 15.4. The van der Waals surface area contributed by atoms with Gasteiger partial charge in [-0.25, -0.2) is 0 Å². The Balaban J connectivity index is 2.14. The van der Waals surface area contributed by atoms with E-state index >= 15 is 0 Å². The summed E-state index contributed by atoms with van der Waals surface area (Å²) < 4.78 is 0. The van der Waals surface area contributed by atoms with Gasteiger partial charge < -0.3 is 4.79 Å². The lowest BCUT2D eigenvalue weighted by Gasteiger charge is -2.31. The Labute approximate surface area is 126 Å². The van der Waals surface area contributed by atoms with E-state index in [0.29, 0.717) is 6.54 Å². The minimum atomic E-state index is -0.494. The molecule has 1 heterocycles. The molecule has 3 nitrogen and oxygen atoms in total. The second-order valence-electron chi connectivity index (χ2n) is 5.53. The lowest BCUT2D eigenvalue weighted by atomic mass is 9.83. The molecular weight excluding hydrogens is 260 g/mol. The van der Waals surface area contributed by atoms with Gasteiger partial charge in [-0.1, -0.05) is 43.3 Å². The van der Waals surface area contributed by atoms with Gasteiger partial charge in [-0.05, 0) is 31.2 Å². The summed E-state index contributed by atoms with van der Waals surface area (Å²) in [4.78, 5) is 18.3. The van der Waals surface area contributed by atoms with Gasteiger partial charge in [0.1, 0.15) is 6.29 Å². The average molecular weight is 282 g/mol. The number of benzene rings is 1. The standard InChI is InChI=1S/C18H22N2O/c1-3-20(13-17-11-7-8-12-19-17)14-18(2,15-21)16-9-5-4-6-10-16/h4-12,15H,3,13-14H2,1-2H3. The molecule has 0 saturated heterocycles. The normalized spacial score (nSPS) is 13.9. The van der Waals surface area contributed by atoms with Crippen molar-refractivity contribution in [1.29, 1.82) is 0 Å². The van der Waals surface area contributed by atoms with Crippen LogP contribution in [0.2, 0.25) is 0 Å². The van der Waals surface area contributed by atoms with Gasteiger partial charge in [-0.3, -0.25) is 9.88 Å². The molecule has 1 aromatic carbocycles. The summed E-state index contributed by atoms with van der Waals surface area (Å²) in [6.07, 6.45) is 2.86. The van der Waals surface area contributed by atoms with Crippen molar-refractivity contribution < 1.29 is 4.79 Å². The van der Waals surface area contributed by atoms with E-state index in [9.17, 15) is 4.79 Å². The van der Waals surface area contributed by atoms with Gasteiger partial charge >= 0.3 is 0 Å². The van der Waals surface area contributed by atoms with Crippen molar-refractivity contribution in [2.24, 2.45) is 0 Å². The first-order valence-corrected chi connectivity index (χ1v) is 7.32. The largest absolute Gasteiger partial charge is 0.302 e. The second-order valence-corrected chi connectivity index (χ2v) is 5.53. The Kier molecular flexibility index (Phi) is 5.23. The fraction of sp³-hybridized carbons (Fsp3) is 0.333. The number of likely N-dealkylation sites (N-methyl/N-ethyl adjacent to an activating group) is 1. The molecule has 1 aromatic heterocycles. The zero-order chi connectivity index (χ0) is 15.1. The summed E-state index contributed by atoms with van der Waals surface area (Å²) in [6.45, 7) is 6.43. The number of aldehydes is 1. The van der Waals surface area contributed by atoms with Crippen molar-refractivity contribution in [1.82, 2.24) is 9.88 Å². The van der Waals surface area contributed by atoms with E-state index in [1.54, 1.807) is 6.20 Å². The summed E-state index contributed by atoms with van der Waals surface area (Å²) in [5, 5.41) is 0. The lowest BCUT2D eigenvalue weighted by Crippen LogP contribution is -2.40. The Morgan fingerprint density at radius 2 is 1.86 bits per heavy atom. The topological polar surface area (TPSA) is 33.2 Å². The van der Waals surface area contributed by atoms with Crippen LogP contribution in [0, 0.1) is 0 Å². The van der Waals surface area contributed by atoms with Crippen LogP contribution >= 0.6 is 0 Å². The molecule has 0 saturated carbocycles. The summed E-state index contributed by atoms with van der Waals surface area (Å²) in [5.74, 6) is 0. The molecule has 0 aliphatic rings. The molecule has 0 fully saturated rings. The molecule has 110 valence electrons. The van der Waals surface area contributed by atoms with Crippen molar-refractivity contribution in [2.75, 3.05) is 13.1 Å². The van der Waals surface area contributed by atoms with E-state index in [1.807, 2.05) is 55.5 Å². The second kappa shape index (κ2) is 7.14. The maximum atomic E-state index is 11.7. The SMILES string of the molecule is CCN(Cc1ccccn1)CC(C)(C=O)c1ccccc1. The van der Waals surface area contributed by atoms with Gasteiger partial charge in [-0.2, -0.15) is 0 Å². The third kappa shape index (κ3) is 3.99. The Bertz CT molecular complexity index is 556. The van der Waals surface area contributed by atoms with Crippen LogP contribution in [-0.4, -0.2) is 29.3 Å². The molecule has 3 heteroatoms. The van der Waals surface area contributed by atoms with Crippen molar-refractivity contribution in [3.8, 4) is 0 Å². The molecule has 0 radical (unpaired) electrons. The van der Waals surface area contributed by atoms with E-state index in [1.165, 1.54) is 0 Å². The maximum absolute atomic E-state index is 11.7. The highest BCUT2D eigenvalue weighted by Gasteiger charge is 2.28. The summed E-state index contributed by atoms with van der Waals surface area (Å²) >= 11 is 0. The zero-order valence-electron chi connectivity index (χ0n) is 12.7. The van der Waals surface area contributed by atoms with Gasteiger partial charge in [0.2, 0.25) is 0 Å². The minimum Gasteiger partial charge on any atom is -0.302 e. The van der Waals surface area contributed by atoms with Crippen LogP contribution < -0.4 is 0 Å². The monoisotopic (exact) mass is 282 g/mol. The first-order valence-electron chi connectivity index (χ1n) is 7.32. The van der Waals surface area contributed by atoms with Crippen LogP contribution in [0.1, 0.15) is 25.1 Å². The number of aromatic nitrogens is 1. The molecule has 0 bridgehead atoms. The Morgan fingerprint density at radius 1 is 1.14 bits per heavy atom. The van der Waals surface area contributed by atoms with Crippen molar-refractivity contribution in [2.45, 2.75) is 25.8 Å². The smallest absolute Gasteiger partial charge is 0.131 e. The Hall–Kier alpha value is -2.00. The highest BCUT2D eigenvalue weighted by Crippen LogP contribution is 2.23. The minimum absolute atomic E-state index is 0.494. The number of nitrogens with zero attached hydrogens (tertiary/aromatic N) is 2. The van der Waals surface area contributed by atoms with E-state index < -0.39 is 5.41 Å². The Morgan fingerprint density at radius 3 is 2.43 bits per heavy atom. The van der Waals surface area contributed by atoms with E-state index in [2.05, 4.69) is 16.8 Å². The van der Waals surface area contributed by atoms with Gasteiger partial charge in [0.25, 0.3) is 0 Å². The van der Waals surface area contributed by atoms with Gasteiger partial charge in [-0.15, -0.1) is 0 Å². The number of hydrogen-bond acceptors (Lipinski definition) is 3. The van der Waals surface area contributed by atoms with E-state index in [-0.39, 0.29) is 0 Å². The highest BCUT2D eigenvalue weighted by molar-refractivity contribution is 5.68. The first-order chi connectivity index (χ1) is 10.2. The maximum Gasteiger partial charge on any atom is 0.131 e. The predicted molar refractivity (Wildman–Crippen MR) is 85.0 cm³/mol. The lowest BCUT2D eigenvalue weighted by molar-refractivity contribution is -0.112. The predicted octanol–water partition coefficient (Wildman–Crippen LogP) is 3.06. The van der Waals surface area contributed by atoms with Crippen molar-refractivity contribution in [3.05, 3.63) is 66.0 Å². The zero-order valence-corrected chi connectivity index (χ0v) is 12.7. The third-order valence-electron chi connectivity index (χ3n) is 3.80. The van der Waals surface area contributed by atoms with Crippen molar-refractivity contribution in [3.63, 3.8) is 0 Å². The quantitative estimate of drug-likeness (QED) is 0.732. The number of carbonyl (C=O) groups excluding carboxylic acids is 1. The number of carbonyl (C=O) groups is 1. The third-order valence-corrected chi connectivity index (χ3v) is 3.80. The molecule has 0 spiro atoms. The molecule has 21 heavy (non-hydrogen) atoms. The van der Waals surface area contributed by atoms with Crippen LogP contribution in [0.4, 0.5) is 0 Å². The molecule has 0 N–H and O–H groups in total. The molecule has 0 amide bonds. The average Bonchev–Trinajstić information content (AvgIpc) is 2.56. The van der Waals surface area contributed by atoms with Crippen LogP contribution in [0.3, 0.4) is 0 Å². The van der Waals surface area contributed by atoms with Crippen LogP contribution in [0.5, 0.6) is 0 Å². The molecular formula is C18H22N2O. The molecule has 1 unspecified atom stereocenters. The molecule has 0 aliphatic carbocycles. The van der Waals surface area contributed by atoms with Gasteiger partial charge in [0, 0.05) is 19.3 Å². The molecule has 0 aliphatic heterocycles.